The third-order valence-electron chi connectivity index (χ3n) is 3.56. The summed E-state index contributed by atoms with van der Waals surface area (Å²) in [6, 6.07) is 11.8. The van der Waals surface area contributed by atoms with Crippen molar-refractivity contribution in [2.45, 2.75) is 45.6 Å². The Labute approximate surface area is 132 Å². The summed E-state index contributed by atoms with van der Waals surface area (Å²) < 4.78 is 5.85. The molecule has 0 aliphatic carbocycles. The third-order valence-corrected chi connectivity index (χ3v) is 3.89. The number of halogens is 1. The van der Waals surface area contributed by atoms with E-state index >= 15 is 0 Å². The fraction of sp³-hybridized carbons (Fsp3) is 0.444. The first-order valence-corrected chi connectivity index (χ1v) is 8.23. The van der Waals surface area contributed by atoms with Crippen LogP contribution in [0.4, 0.5) is 0 Å². The zero-order valence-corrected chi connectivity index (χ0v) is 13.5. The van der Waals surface area contributed by atoms with E-state index in [4.69, 9.17) is 16.0 Å². The van der Waals surface area contributed by atoms with Crippen LogP contribution in [-0.2, 0) is 6.54 Å². The zero-order chi connectivity index (χ0) is 14.9. The Hall–Kier alpha value is -1.25. The van der Waals surface area contributed by atoms with Crippen LogP contribution < -0.4 is 5.32 Å². The lowest BCUT2D eigenvalue weighted by Crippen LogP contribution is -2.14. The molecule has 0 saturated carbocycles. The van der Waals surface area contributed by atoms with Crippen molar-refractivity contribution in [2.75, 3.05) is 6.54 Å². The van der Waals surface area contributed by atoms with Gasteiger partial charge in [-0.2, -0.15) is 0 Å². The molecule has 2 aromatic rings. The van der Waals surface area contributed by atoms with E-state index in [0.29, 0.717) is 0 Å². The number of unbranched alkanes of at least 4 members (excludes halogenated alkanes) is 4. The van der Waals surface area contributed by atoms with Gasteiger partial charge in [0.2, 0.25) is 0 Å². The monoisotopic (exact) mass is 305 g/mol. The topological polar surface area (TPSA) is 25.2 Å². The van der Waals surface area contributed by atoms with Gasteiger partial charge in [0.25, 0.3) is 0 Å². The van der Waals surface area contributed by atoms with Crippen LogP contribution in [0.5, 0.6) is 0 Å². The third kappa shape index (κ3) is 5.22. The molecule has 0 amide bonds. The van der Waals surface area contributed by atoms with E-state index in [2.05, 4.69) is 12.2 Å². The van der Waals surface area contributed by atoms with Crippen LogP contribution in [0, 0.1) is 0 Å². The summed E-state index contributed by atoms with van der Waals surface area (Å²) in [6.45, 7) is 4.07. The van der Waals surface area contributed by atoms with Crippen molar-refractivity contribution in [2.24, 2.45) is 0 Å². The van der Waals surface area contributed by atoms with Crippen LogP contribution in [0.25, 0.3) is 11.3 Å². The van der Waals surface area contributed by atoms with E-state index < -0.39 is 0 Å². The lowest BCUT2D eigenvalue weighted by atomic mass is 10.1. The average Bonchev–Trinajstić information content (AvgIpc) is 2.95. The van der Waals surface area contributed by atoms with Crippen LogP contribution in [0.1, 0.15) is 44.8 Å². The molecule has 2 rings (SSSR count). The van der Waals surface area contributed by atoms with Gasteiger partial charge in [-0.3, -0.25) is 0 Å². The van der Waals surface area contributed by atoms with E-state index in [9.17, 15) is 0 Å². The first kappa shape index (κ1) is 16.1. The van der Waals surface area contributed by atoms with Crippen molar-refractivity contribution in [3.05, 3.63) is 47.2 Å². The van der Waals surface area contributed by atoms with Crippen molar-refractivity contribution < 1.29 is 4.42 Å². The minimum absolute atomic E-state index is 0.724. The molecule has 1 N–H and O–H groups in total. The summed E-state index contributed by atoms with van der Waals surface area (Å²) in [6.07, 6.45) is 6.53. The van der Waals surface area contributed by atoms with Crippen molar-refractivity contribution >= 4 is 11.6 Å². The molecule has 1 aromatic carbocycles. The Morgan fingerprint density at radius 3 is 2.62 bits per heavy atom. The molecule has 0 unspecified atom stereocenters. The molecule has 0 bridgehead atoms. The van der Waals surface area contributed by atoms with E-state index in [1.165, 1.54) is 32.1 Å². The molecule has 0 atom stereocenters. The van der Waals surface area contributed by atoms with Gasteiger partial charge in [-0.25, -0.2) is 0 Å². The smallest absolute Gasteiger partial charge is 0.135 e. The quantitative estimate of drug-likeness (QED) is 0.605. The fourth-order valence-electron chi connectivity index (χ4n) is 2.34. The zero-order valence-electron chi connectivity index (χ0n) is 12.7. The van der Waals surface area contributed by atoms with Crippen LogP contribution in [0.2, 0.25) is 5.02 Å². The minimum atomic E-state index is 0.724. The lowest BCUT2D eigenvalue weighted by Gasteiger charge is -2.03. The maximum absolute atomic E-state index is 6.18. The molecule has 114 valence electrons. The van der Waals surface area contributed by atoms with Gasteiger partial charge in [0, 0.05) is 5.56 Å². The summed E-state index contributed by atoms with van der Waals surface area (Å²) in [5.74, 6) is 1.79. The molecular formula is C18H24ClNO. The number of rotatable bonds is 9. The van der Waals surface area contributed by atoms with Gasteiger partial charge in [-0.05, 0) is 37.2 Å². The molecule has 0 aliphatic rings. The maximum atomic E-state index is 6.18. The number of hydrogen-bond acceptors (Lipinski definition) is 2. The summed E-state index contributed by atoms with van der Waals surface area (Å²) >= 11 is 6.18. The number of furan rings is 1. The maximum Gasteiger partial charge on any atom is 0.135 e. The van der Waals surface area contributed by atoms with Crippen molar-refractivity contribution in [3.8, 4) is 11.3 Å². The Morgan fingerprint density at radius 1 is 1.00 bits per heavy atom. The second-order valence-corrected chi connectivity index (χ2v) is 5.74. The number of hydrogen-bond donors (Lipinski definition) is 1. The molecule has 3 heteroatoms. The first-order valence-electron chi connectivity index (χ1n) is 7.85. The number of benzene rings is 1. The molecule has 0 saturated heterocycles. The summed E-state index contributed by atoms with van der Waals surface area (Å²) in [4.78, 5) is 0. The van der Waals surface area contributed by atoms with Crippen LogP contribution >= 0.6 is 11.6 Å². The van der Waals surface area contributed by atoms with Crippen LogP contribution in [-0.4, -0.2) is 6.54 Å². The van der Waals surface area contributed by atoms with Gasteiger partial charge < -0.3 is 9.73 Å². The van der Waals surface area contributed by atoms with Crippen LogP contribution in [0.15, 0.2) is 40.8 Å². The van der Waals surface area contributed by atoms with Crippen molar-refractivity contribution in [1.82, 2.24) is 5.32 Å². The standard InChI is InChI=1S/C18H24ClNO/c1-2-3-4-5-8-13-20-14-15-11-12-18(21-15)16-9-6-7-10-17(16)19/h6-7,9-12,20H,2-5,8,13-14H2,1H3. The lowest BCUT2D eigenvalue weighted by molar-refractivity contribution is 0.486. The Kier molecular flexibility index (Phi) is 6.84. The second-order valence-electron chi connectivity index (χ2n) is 5.34. The normalized spacial score (nSPS) is 11.0. The predicted octanol–water partition coefficient (Wildman–Crippen LogP) is 5.66. The van der Waals surface area contributed by atoms with Gasteiger partial charge >= 0.3 is 0 Å². The molecule has 21 heavy (non-hydrogen) atoms. The average molecular weight is 306 g/mol. The molecule has 0 aliphatic heterocycles. The molecule has 0 radical (unpaired) electrons. The molecule has 1 aromatic heterocycles. The highest BCUT2D eigenvalue weighted by atomic mass is 35.5. The van der Waals surface area contributed by atoms with Gasteiger partial charge in [-0.15, -0.1) is 0 Å². The highest BCUT2D eigenvalue weighted by Crippen LogP contribution is 2.28. The molecule has 1 heterocycles. The molecule has 0 fully saturated rings. The second kappa shape index (κ2) is 8.91. The van der Waals surface area contributed by atoms with Crippen LogP contribution in [0.3, 0.4) is 0 Å². The van der Waals surface area contributed by atoms with E-state index in [1.807, 2.05) is 36.4 Å². The molecule has 0 spiro atoms. The highest BCUT2D eigenvalue weighted by molar-refractivity contribution is 6.33. The Bertz CT molecular complexity index is 536. The molecular weight excluding hydrogens is 282 g/mol. The van der Waals surface area contributed by atoms with Crippen molar-refractivity contribution in [1.29, 1.82) is 0 Å². The van der Waals surface area contributed by atoms with E-state index in [0.717, 1.165) is 35.2 Å². The number of nitrogens with one attached hydrogen (secondary N) is 1. The highest BCUT2D eigenvalue weighted by Gasteiger charge is 2.07. The van der Waals surface area contributed by atoms with Gasteiger partial charge in [-0.1, -0.05) is 56.3 Å². The summed E-state index contributed by atoms with van der Waals surface area (Å²) in [5, 5.41) is 4.16. The predicted molar refractivity (Wildman–Crippen MR) is 89.6 cm³/mol. The van der Waals surface area contributed by atoms with E-state index in [-0.39, 0.29) is 0 Å². The fourth-order valence-corrected chi connectivity index (χ4v) is 2.57. The molecule has 2 nitrogen and oxygen atoms in total. The largest absolute Gasteiger partial charge is 0.460 e. The van der Waals surface area contributed by atoms with Crippen molar-refractivity contribution in [3.63, 3.8) is 0 Å². The van der Waals surface area contributed by atoms with Gasteiger partial charge in [0.15, 0.2) is 0 Å². The SMILES string of the molecule is CCCCCCCNCc1ccc(-c2ccccc2Cl)o1. The van der Waals surface area contributed by atoms with Gasteiger partial charge in [0.1, 0.15) is 11.5 Å². The minimum Gasteiger partial charge on any atom is -0.460 e. The van der Waals surface area contributed by atoms with Gasteiger partial charge in [0.05, 0.1) is 11.6 Å². The Balaban J connectivity index is 1.75. The Morgan fingerprint density at radius 2 is 1.81 bits per heavy atom. The summed E-state index contributed by atoms with van der Waals surface area (Å²) in [7, 11) is 0. The summed E-state index contributed by atoms with van der Waals surface area (Å²) in [5.41, 5.74) is 0.949. The van der Waals surface area contributed by atoms with E-state index in [1.54, 1.807) is 0 Å². The first-order chi connectivity index (χ1) is 10.3.